The second-order valence-electron chi connectivity index (χ2n) is 8.71. The Bertz CT molecular complexity index is 973. The maximum atomic E-state index is 13.1. The van der Waals surface area contributed by atoms with Crippen molar-refractivity contribution in [3.63, 3.8) is 0 Å². The number of halogens is 5. The van der Waals surface area contributed by atoms with Gasteiger partial charge in [0.1, 0.15) is 6.79 Å². The summed E-state index contributed by atoms with van der Waals surface area (Å²) in [5.74, 6) is -6.01. The van der Waals surface area contributed by atoms with Crippen molar-refractivity contribution in [3.05, 3.63) is 65.7 Å². The van der Waals surface area contributed by atoms with Crippen LogP contribution in [0.4, 0.5) is 27.6 Å². The Morgan fingerprint density at radius 1 is 1.11 bits per heavy atom. The normalized spacial score (nSPS) is 17.7. The molecule has 1 saturated heterocycles. The summed E-state index contributed by atoms with van der Waals surface area (Å²) in [6.45, 7) is 0.768. The molecule has 11 heteroatoms. The van der Waals surface area contributed by atoms with Crippen LogP contribution in [-0.2, 0) is 9.47 Å². The van der Waals surface area contributed by atoms with Crippen molar-refractivity contribution in [2.75, 3.05) is 52.0 Å². The molecule has 1 aliphatic rings. The molecule has 1 amide bonds. The summed E-state index contributed by atoms with van der Waals surface area (Å²) in [6, 6.07) is 15.9. The number of benzene rings is 2. The maximum Gasteiger partial charge on any atom is 0.455 e. The smallest absolute Gasteiger partial charge is 0.366 e. The molecule has 2 aromatic carbocycles. The van der Waals surface area contributed by atoms with E-state index in [0.29, 0.717) is 6.54 Å². The number of nitrogens with one attached hydrogen (secondary N) is 1. The summed E-state index contributed by atoms with van der Waals surface area (Å²) in [4.78, 5) is 16.5. The lowest BCUT2D eigenvalue weighted by Crippen LogP contribution is -2.46. The highest BCUT2D eigenvalue weighted by atomic mass is 19.4. The lowest BCUT2D eigenvalue weighted by molar-refractivity contribution is -0.278. The fourth-order valence-corrected chi connectivity index (χ4v) is 4.06. The summed E-state index contributed by atoms with van der Waals surface area (Å²) in [6.07, 6.45) is -4.75. The Morgan fingerprint density at radius 3 is 2.39 bits per heavy atom. The van der Waals surface area contributed by atoms with Gasteiger partial charge >= 0.3 is 12.1 Å². The monoisotopic (exact) mass is 515 g/mol. The van der Waals surface area contributed by atoms with E-state index in [9.17, 15) is 26.7 Å². The van der Waals surface area contributed by atoms with E-state index in [0.717, 1.165) is 30.8 Å². The summed E-state index contributed by atoms with van der Waals surface area (Å²) in [5.41, 5.74) is 1.82. The molecule has 0 aliphatic carbocycles. The fraction of sp³-hybridized carbons (Fsp3) is 0.480. The second-order valence-corrected chi connectivity index (χ2v) is 8.71. The first-order chi connectivity index (χ1) is 17.0. The van der Waals surface area contributed by atoms with E-state index in [-0.39, 0.29) is 24.5 Å². The number of methoxy groups -OCH3 is 1. The highest BCUT2D eigenvalue weighted by Crippen LogP contribution is 2.34. The number of likely N-dealkylation sites (tertiary alicyclic amines) is 1. The zero-order chi connectivity index (χ0) is 26.3. The molecule has 0 spiro atoms. The third-order valence-corrected chi connectivity index (χ3v) is 6.16. The topological polar surface area (TPSA) is 54.0 Å². The van der Waals surface area contributed by atoms with Crippen LogP contribution in [-0.4, -0.2) is 76.1 Å². The van der Waals surface area contributed by atoms with Gasteiger partial charge < -0.3 is 19.7 Å². The lowest BCUT2D eigenvalue weighted by Gasteiger charge is -2.34. The van der Waals surface area contributed by atoms with Crippen LogP contribution in [0, 0.1) is 0 Å². The van der Waals surface area contributed by atoms with E-state index in [1.165, 1.54) is 12.1 Å². The number of hydrogen-bond acceptors (Lipinski definition) is 5. The van der Waals surface area contributed by atoms with Crippen LogP contribution in [0.25, 0.3) is 0 Å². The highest BCUT2D eigenvalue weighted by Gasteiger charge is 2.57. The van der Waals surface area contributed by atoms with Gasteiger partial charge in [0, 0.05) is 45.0 Å². The molecule has 6 nitrogen and oxygen atoms in total. The number of ether oxygens (including phenoxy) is 2. The largest absolute Gasteiger partial charge is 0.455 e. The third kappa shape index (κ3) is 7.14. The van der Waals surface area contributed by atoms with Crippen molar-refractivity contribution in [1.82, 2.24) is 10.2 Å². The number of likely N-dealkylation sites (N-methyl/N-ethyl adjacent to an activating group) is 1. The van der Waals surface area contributed by atoms with E-state index in [2.05, 4.69) is 4.90 Å². The quantitative estimate of drug-likeness (QED) is 0.353. The lowest BCUT2D eigenvalue weighted by atomic mass is 10.0. The number of carbonyl (C=O) groups excluding carboxylic acids is 1. The van der Waals surface area contributed by atoms with Crippen LogP contribution in [0.3, 0.4) is 0 Å². The number of rotatable bonds is 11. The Hall–Kier alpha value is -2.76. The Labute approximate surface area is 207 Å². The van der Waals surface area contributed by atoms with E-state index < -0.39 is 24.6 Å². The molecule has 1 fully saturated rings. The zero-order valence-electron chi connectivity index (χ0n) is 20.1. The molecule has 1 aliphatic heterocycles. The number of nitrogens with zero attached hydrogens (tertiary/aromatic N) is 2. The minimum absolute atomic E-state index is 0.0148. The van der Waals surface area contributed by atoms with Crippen LogP contribution in [0.5, 0.6) is 0 Å². The second kappa shape index (κ2) is 12.0. The average Bonchev–Trinajstić information content (AvgIpc) is 3.31. The van der Waals surface area contributed by atoms with Crippen molar-refractivity contribution in [3.8, 4) is 0 Å². The molecule has 0 saturated carbocycles. The van der Waals surface area contributed by atoms with Gasteiger partial charge in [-0.15, -0.1) is 0 Å². The molecule has 0 bridgehead atoms. The van der Waals surface area contributed by atoms with Crippen molar-refractivity contribution >= 4 is 11.6 Å². The van der Waals surface area contributed by atoms with Crippen LogP contribution in [0.2, 0.25) is 0 Å². The first kappa shape index (κ1) is 27.8. The molecule has 1 N–H and O–H groups in total. The molecular weight excluding hydrogens is 485 g/mol. The van der Waals surface area contributed by atoms with Gasteiger partial charge in [-0.2, -0.15) is 22.0 Å². The highest BCUT2D eigenvalue weighted by molar-refractivity contribution is 5.94. The SMILES string of the molecule is COCO[C@H]1CCN(C[C@H](c2ccccc2)N(C)c2ccc(C(=O)NCC(F)(F)C(F)(F)F)cc2)C1. The molecule has 198 valence electrons. The first-order valence-electron chi connectivity index (χ1n) is 11.5. The number of hydrogen-bond donors (Lipinski definition) is 1. The Balaban J connectivity index is 1.69. The van der Waals surface area contributed by atoms with Crippen LogP contribution >= 0.6 is 0 Å². The average molecular weight is 516 g/mol. The Kier molecular flexibility index (Phi) is 9.26. The van der Waals surface area contributed by atoms with Crippen molar-refractivity contribution in [2.24, 2.45) is 0 Å². The van der Waals surface area contributed by atoms with Crippen LogP contribution in [0.1, 0.15) is 28.4 Å². The van der Waals surface area contributed by atoms with Gasteiger partial charge in [-0.05, 0) is 36.2 Å². The fourth-order valence-electron chi connectivity index (χ4n) is 4.06. The molecule has 1 heterocycles. The first-order valence-corrected chi connectivity index (χ1v) is 11.5. The molecule has 0 aromatic heterocycles. The van der Waals surface area contributed by atoms with E-state index in [1.54, 1.807) is 24.6 Å². The van der Waals surface area contributed by atoms with Gasteiger partial charge in [0.25, 0.3) is 5.91 Å². The molecule has 3 rings (SSSR count). The third-order valence-electron chi connectivity index (χ3n) is 6.16. The van der Waals surface area contributed by atoms with Crippen molar-refractivity contribution in [2.45, 2.75) is 30.7 Å². The molecule has 0 unspecified atom stereocenters. The zero-order valence-corrected chi connectivity index (χ0v) is 20.1. The summed E-state index contributed by atoms with van der Waals surface area (Å²) in [5, 5.41) is 1.66. The summed E-state index contributed by atoms with van der Waals surface area (Å²) in [7, 11) is 3.49. The predicted molar refractivity (Wildman–Crippen MR) is 125 cm³/mol. The number of amides is 1. The van der Waals surface area contributed by atoms with Gasteiger partial charge in [0.15, 0.2) is 0 Å². The molecule has 36 heavy (non-hydrogen) atoms. The molecule has 2 aromatic rings. The number of alkyl halides is 5. The molecule has 2 atom stereocenters. The molecule has 0 radical (unpaired) electrons. The van der Waals surface area contributed by atoms with Crippen LogP contribution < -0.4 is 10.2 Å². The maximum absolute atomic E-state index is 13.1. The minimum Gasteiger partial charge on any atom is -0.366 e. The van der Waals surface area contributed by atoms with Gasteiger partial charge in [-0.3, -0.25) is 9.69 Å². The summed E-state index contributed by atoms with van der Waals surface area (Å²) >= 11 is 0. The van der Waals surface area contributed by atoms with Crippen molar-refractivity contribution < 1.29 is 36.2 Å². The number of carbonyl (C=O) groups is 1. The minimum atomic E-state index is -5.73. The van der Waals surface area contributed by atoms with Gasteiger partial charge in [-0.25, -0.2) is 0 Å². The summed E-state index contributed by atoms with van der Waals surface area (Å²) < 4.78 is 73.9. The standard InChI is InChI=1S/C25H30F5N3O3/c1-32(20-10-8-19(9-11-20)23(34)31-16-24(26,27)25(28,29)30)22(18-6-4-3-5-7-18)15-33-13-12-21(14-33)36-17-35-2/h3-11,21-22H,12-17H2,1-2H3,(H,31,34)/t21-,22+/m0/s1. The predicted octanol–water partition coefficient (Wildman–Crippen LogP) is 4.49. The number of anilines is 1. The van der Waals surface area contributed by atoms with Crippen molar-refractivity contribution in [1.29, 1.82) is 0 Å². The van der Waals surface area contributed by atoms with Gasteiger partial charge in [0.2, 0.25) is 0 Å². The van der Waals surface area contributed by atoms with Crippen LogP contribution in [0.15, 0.2) is 54.6 Å². The van der Waals surface area contributed by atoms with Gasteiger partial charge in [0.05, 0.1) is 18.7 Å². The van der Waals surface area contributed by atoms with Gasteiger partial charge in [-0.1, -0.05) is 30.3 Å². The van der Waals surface area contributed by atoms with E-state index in [4.69, 9.17) is 9.47 Å². The Morgan fingerprint density at radius 2 is 1.78 bits per heavy atom. The van der Waals surface area contributed by atoms with E-state index in [1.807, 2.05) is 42.3 Å². The molecular formula is C25H30F5N3O3. The van der Waals surface area contributed by atoms with E-state index >= 15 is 0 Å².